The van der Waals surface area contributed by atoms with Crippen LogP contribution in [0.5, 0.6) is 0 Å². The molecule has 98 valence electrons. The summed E-state index contributed by atoms with van der Waals surface area (Å²) in [5.74, 6) is -1.46. The molecule has 4 heteroatoms. The fraction of sp³-hybridized carbons (Fsp3) is 0.571. The van der Waals surface area contributed by atoms with Crippen LogP contribution >= 0.6 is 11.6 Å². The zero-order valence-corrected chi connectivity index (χ0v) is 10.8. The molecule has 0 aliphatic carbocycles. The monoisotopic (exact) mass is 271 g/mol. The van der Waals surface area contributed by atoms with Crippen LogP contribution in [0.1, 0.15) is 31.2 Å². The second-order valence-electron chi connectivity index (χ2n) is 5.34. The van der Waals surface area contributed by atoms with E-state index in [1.165, 1.54) is 6.07 Å². The van der Waals surface area contributed by atoms with E-state index < -0.39 is 11.6 Å². The molecule has 2 fully saturated rings. The SMILES string of the molecule is Fc1cccc(CN2C3CCC2CC(Cl)C3)c1F. The highest BCUT2D eigenvalue weighted by Crippen LogP contribution is 2.38. The molecule has 2 atom stereocenters. The second-order valence-corrected chi connectivity index (χ2v) is 5.96. The van der Waals surface area contributed by atoms with Crippen molar-refractivity contribution in [3.8, 4) is 0 Å². The van der Waals surface area contributed by atoms with Crippen molar-refractivity contribution in [2.75, 3.05) is 0 Å². The van der Waals surface area contributed by atoms with E-state index in [0.29, 0.717) is 24.2 Å². The summed E-state index contributed by atoms with van der Waals surface area (Å²) in [5, 5.41) is 0.246. The van der Waals surface area contributed by atoms with Gasteiger partial charge >= 0.3 is 0 Å². The highest BCUT2D eigenvalue weighted by Gasteiger charge is 2.40. The van der Waals surface area contributed by atoms with E-state index in [0.717, 1.165) is 25.7 Å². The van der Waals surface area contributed by atoms with Gasteiger partial charge in [0.25, 0.3) is 0 Å². The van der Waals surface area contributed by atoms with E-state index in [1.54, 1.807) is 12.1 Å². The Morgan fingerprint density at radius 3 is 2.50 bits per heavy atom. The van der Waals surface area contributed by atoms with E-state index >= 15 is 0 Å². The van der Waals surface area contributed by atoms with Gasteiger partial charge in [0.15, 0.2) is 11.6 Å². The van der Waals surface area contributed by atoms with Crippen LogP contribution in [0.3, 0.4) is 0 Å². The van der Waals surface area contributed by atoms with Crippen molar-refractivity contribution >= 4 is 11.6 Å². The lowest BCUT2D eigenvalue weighted by Gasteiger charge is -2.37. The van der Waals surface area contributed by atoms with Crippen LogP contribution in [0.4, 0.5) is 8.78 Å². The predicted octanol–water partition coefficient (Wildman–Crippen LogP) is 3.70. The van der Waals surface area contributed by atoms with Crippen molar-refractivity contribution in [3.63, 3.8) is 0 Å². The number of benzene rings is 1. The minimum absolute atomic E-state index is 0.246. The van der Waals surface area contributed by atoms with Gasteiger partial charge in [-0.2, -0.15) is 0 Å². The maximum absolute atomic E-state index is 13.7. The molecule has 2 saturated heterocycles. The molecular formula is C14H16ClF2N. The Labute approximate surface area is 111 Å². The van der Waals surface area contributed by atoms with Crippen LogP contribution in [0, 0.1) is 11.6 Å². The maximum Gasteiger partial charge on any atom is 0.163 e. The molecule has 2 aliphatic heterocycles. The summed E-state index contributed by atoms with van der Waals surface area (Å²) in [6, 6.07) is 5.29. The standard InChI is InChI=1S/C14H16ClF2N/c15-10-6-11-4-5-12(7-10)18(11)8-9-2-1-3-13(16)14(9)17/h1-3,10-12H,4-8H2. The molecule has 0 amide bonds. The molecule has 1 aromatic carbocycles. The molecule has 2 heterocycles. The highest BCUT2D eigenvalue weighted by molar-refractivity contribution is 6.20. The van der Waals surface area contributed by atoms with E-state index in [4.69, 9.17) is 11.6 Å². The quantitative estimate of drug-likeness (QED) is 0.742. The zero-order valence-electron chi connectivity index (χ0n) is 10.1. The molecule has 1 nitrogen and oxygen atoms in total. The predicted molar refractivity (Wildman–Crippen MR) is 67.6 cm³/mol. The number of fused-ring (bicyclic) bond motifs is 2. The van der Waals surface area contributed by atoms with Crippen molar-refractivity contribution in [2.24, 2.45) is 0 Å². The fourth-order valence-corrected chi connectivity index (χ4v) is 3.74. The smallest absolute Gasteiger partial charge is 0.163 e. The number of piperidine rings is 1. The minimum atomic E-state index is -0.757. The summed E-state index contributed by atoms with van der Waals surface area (Å²) in [6.45, 7) is 0.503. The average molecular weight is 272 g/mol. The summed E-state index contributed by atoms with van der Waals surface area (Å²) in [5.41, 5.74) is 0.458. The summed E-state index contributed by atoms with van der Waals surface area (Å²) in [4.78, 5) is 2.30. The Kier molecular flexibility index (Phi) is 3.29. The van der Waals surface area contributed by atoms with E-state index in [-0.39, 0.29) is 5.38 Å². The molecular weight excluding hydrogens is 256 g/mol. The van der Waals surface area contributed by atoms with Gasteiger partial charge in [0, 0.05) is 29.6 Å². The Hall–Kier alpha value is -0.670. The zero-order chi connectivity index (χ0) is 12.7. The molecule has 0 aromatic heterocycles. The molecule has 2 unspecified atom stereocenters. The van der Waals surface area contributed by atoms with Gasteiger partial charge in [-0.1, -0.05) is 12.1 Å². The molecule has 18 heavy (non-hydrogen) atoms. The third kappa shape index (κ3) is 2.14. The third-order valence-corrected chi connectivity index (χ3v) is 4.57. The van der Waals surface area contributed by atoms with E-state index in [9.17, 15) is 8.78 Å². The highest BCUT2D eigenvalue weighted by atomic mass is 35.5. The number of rotatable bonds is 2. The number of halogens is 3. The number of alkyl halides is 1. The first-order chi connectivity index (χ1) is 8.65. The summed E-state index contributed by atoms with van der Waals surface area (Å²) >= 11 is 6.21. The number of nitrogens with zero attached hydrogens (tertiary/aromatic N) is 1. The molecule has 2 bridgehead atoms. The van der Waals surface area contributed by atoms with Gasteiger partial charge in [-0.15, -0.1) is 11.6 Å². The second kappa shape index (κ2) is 4.78. The molecule has 2 aliphatic rings. The largest absolute Gasteiger partial charge is 0.293 e. The van der Waals surface area contributed by atoms with Crippen LogP contribution in [0.2, 0.25) is 0 Å². The molecule has 0 N–H and O–H groups in total. The molecule has 0 spiro atoms. The molecule has 0 radical (unpaired) electrons. The first kappa shape index (κ1) is 12.4. The third-order valence-electron chi connectivity index (χ3n) is 4.21. The van der Waals surface area contributed by atoms with Gasteiger partial charge in [0.1, 0.15) is 0 Å². The fourth-order valence-electron chi connectivity index (χ4n) is 3.33. The summed E-state index contributed by atoms with van der Waals surface area (Å²) < 4.78 is 26.9. The van der Waals surface area contributed by atoms with Gasteiger partial charge in [0.2, 0.25) is 0 Å². The van der Waals surface area contributed by atoms with Crippen LogP contribution in [0.15, 0.2) is 18.2 Å². The minimum Gasteiger partial charge on any atom is -0.293 e. The van der Waals surface area contributed by atoms with Gasteiger partial charge in [-0.05, 0) is 31.7 Å². The van der Waals surface area contributed by atoms with Crippen LogP contribution in [0.25, 0.3) is 0 Å². The lowest BCUT2D eigenvalue weighted by molar-refractivity contribution is 0.132. The topological polar surface area (TPSA) is 3.24 Å². The van der Waals surface area contributed by atoms with Gasteiger partial charge in [-0.25, -0.2) is 8.78 Å². The molecule has 1 aromatic rings. The van der Waals surface area contributed by atoms with Crippen molar-refractivity contribution in [1.82, 2.24) is 4.90 Å². The first-order valence-electron chi connectivity index (χ1n) is 6.48. The molecule has 0 saturated carbocycles. The molecule has 3 rings (SSSR count). The summed E-state index contributed by atoms with van der Waals surface area (Å²) in [6.07, 6.45) is 4.19. The van der Waals surface area contributed by atoms with Gasteiger partial charge in [0.05, 0.1) is 0 Å². The van der Waals surface area contributed by atoms with Gasteiger partial charge < -0.3 is 0 Å². The Balaban J connectivity index is 1.79. The van der Waals surface area contributed by atoms with E-state index in [2.05, 4.69) is 4.90 Å². The average Bonchev–Trinajstić information content (AvgIpc) is 2.58. The van der Waals surface area contributed by atoms with Crippen molar-refractivity contribution in [2.45, 2.75) is 49.7 Å². The normalized spacial score (nSPS) is 31.8. The first-order valence-corrected chi connectivity index (χ1v) is 6.91. The van der Waals surface area contributed by atoms with Crippen LogP contribution in [-0.4, -0.2) is 22.4 Å². The van der Waals surface area contributed by atoms with Crippen molar-refractivity contribution in [1.29, 1.82) is 0 Å². The Morgan fingerprint density at radius 1 is 1.17 bits per heavy atom. The van der Waals surface area contributed by atoms with Gasteiger partial charge in [-0.3, -0.25) is 4.90 Å². The van der Waals surface area contributed by atoms with Crippen molar-refractivity contribution < 1.29 is 8.78 Å². The van der Waals surface area contributed by atoms with Crippen LogP contribution < -0.4 is 0 Å². The summed E-state index contributed by atoms with van der Waals surface area (Å²) in [7, 11) is 0. The van der Waals surface area contributed by atoms with Crippen molar-refractivity contribution in [3.05, 3.63) is 35.4 Å². The lowest BCUT2D eigenvalue weighted by atomic mass is 10.0. The Morgan fingerprint density at radius 2 is 1.83 bits per heavy atom. The Bertz CT molecular complexity index is 437. The van der Waals surface area contributed by atoms with Crippen LogP contribution in [-0.2, 0) is 6.54 Å². The maximum atomic E-state index is 13.7. The van der Waals surface area contributed by atoms with E-state index in [1.807, 2.05) is 0 Å². The lowest BCUT2D eigenvalue weighted by Crippen LogP contribution is -2.42. The number of hydrogen-bond donors (Lipinski definition) is 0. The number of hydrogen-bond acceptors (Lipinski definition) is 1.